The largest absolute Gasteiger partial charge is 0.385 e. The minimum absolute atomic E-state index is 0.00185. The Balaban J connectivity index is 1.84. The zero-order valence-electron chi connectivity index (χ0n) is 14.2. The number of carbonyl (C=O) groups is 1. The van der Waals surface area contributed by atoms with Gasteiger partial charge in [-0.2, -0.15) is 0 Å². The molecule has 2 aliphatic carbocycles. The Labute approximate surface area is 133 Å². The lowest BCUT2D eigenvalue weighted by atomic mass is 9.65. The smallest absolute Gasteiger partial charge is 0.146 e. The molecule has 4 rings (SSSR count). The lowest BCUT2D eigenvalue weighted by Crippen LogP contribution is -2.60. The molecule has 2 N–H and O–H groups in total. The average Bonchev–Trinajstić information content (AvgIpc) is 2.78. The topological polar surface area (TPSA) is 41.1 Å². The zero-order valence-corrected chi connectivity index (χ0v) is 14.2. The van der Waals surface area contributed by atoms with E-state index in [-0.39, 0.29) is 17.4 Å². The number of ketones is 1. The molecule has 4 bridgehead atoms. The van der Waals surface area contributed by atoms with Crippen LogP contribution in [0.1, 0.15) is 53.4 Å². The van der Waals surface area contributed by atoms with E-state index >= 15 is 0 Å². The maximum absolute atomic E-state index is 12.1. The van der Waals surface area contributed by atoms with Gasteiger partial charge in [0.15, 0.2) is 0 Å². The van der Waals surface area contributed by atoms with Crippen molar-refractivity contribution in [1.29, 1.82) is 0 Å². The number of Topliss-reactive ketones (excluding diaryl/α,β-unsaturated/α-hetero) is 1. The second-order valence-corrected chi connectivity index (χ2v) is 8.30. The Morgan fingerprint density at radius 3 is 2.86 bits per heavy atom. The molecule has 4 aliphatic rings. The number of carbonyl (C=O) groups excluding carboxylic acids is 1. The molecule has 0 aromatic heterocycles. The summed E-state index contributed by atoms with van der Waals surface area (Å²) in [6.45, 7) is 8.85. The van der Waals surface area contributed by atoms with E-state index in [1.165, 1.54) is 17.7 Å². The predicted octanol–water partition coefficient (Wildman–Crippen LogP) is 2.93. The molecule has 22 heavy (non-hydrogen) atoms. The molecule has 6 atom stereocenters. The molecule has 120 valence electrons. The van der Waals surface area contributed by atoms with Gasteiger partial charge in [0.05, 0.1) is 6.04 Å². The summed E-state index contributed by atoms with van der Waals surface area (Å²) in [5.41, 5.74) is 4.63. The van der Waals surface area contributed by atoms with E-state index in [0.717, 1.165) is 19.3 Å². The number of nitrogens with one attached hydrogen (secondary N) is 2. The van der Waals surface area contributed by atoms with Crippen LogP contribution in [0.5, 0.6) is 0 Å². The third kappa shape index (κ3) is 1.94. The molecule has 1 saturated carbocycles. The van der Waals surface area contributed by atoms with Gasteiger partial charge in [0, 0.05) is 23.2 Å². The Bertz CT molecular complexity index is 590. The van der Waals surface area contributed by atoms with E-state index in [1.807, 2.05) is 0 Å². The quantitative estimate of drug-likeness (QED) is 0.782. The Morgan fingerprint density at radius 2 is 2.14 bits per heavy atom. The van der Waals surface area contributed by atoms with Gasteiger partial charge in [-0.3, -0.25) is 4.79 Å². The SMILES string of the molecule is CC(=O)C1CCC2=C3CC4C(=C2)NC(C4C)C(C)C(C)(C3)N1. The summed E-state index contributed by atoms with van der Waals surface area (Å²) in [4.78, 5) is 12.1. The van der Waals surface area contributed by atoms with Gasteiger partial charge in [-0.05, 0) is 63.0 Å². The molecule has 2 heterocycles. The van der Waals surface area contributed by atoms with E-state index < -0.39 is 0 Å². The van der Waals surface area contributed by atoms with Crippen molar-refractivity contribution in [3.8, 4) is 0 Å². The van der Waals surface area contributed by atoms with Crippen LogP contribution in [-0.4, -0.2) is 23.4 Å². The fraction of sp³-hybridized carbons (Fsp3) is 0.737. The lowest BCUT2D eigenvalue weighted by molar-refractivity contribution is -0.120. The minimum atomic E-state index is 0.00185. The molecule has 0 radical (unpaired) electrons. The van der Waals surface area contributed by atoms with E-state index in [0.29, 0.717) is 23.8 Å². The van der Waals surface area contributed by atoms with E-state index in [2.05, 4.69) is 37.5 Å². The van der Waals surface area contributed by atoms with Crippen molar-refractivity contribution in [2.75, 3.05) is 0 Å². The second-order valence-electron chi connectivity index (χ2n) is 8.30. The standard InChI is InChI=1S/C19H28N2O/c1-10-15-7-14-9-19(4)11(2)18(10)20-17(15)8-13(14)5-6-16(21-19)12(3)22/h8,10-11,15-16,18,20-21H,5-7,9H2,1-4H3. The van der Waals surface area contributed by atoms with Crippen LogP contribution >= 0.6 is 0 Å². The summed E-state index contributed by atoms with van der Waals surface area (Å²) in [6, 6.07) is 0.518. The number of rotatable bonds is 1. The highest BCUT2D eigenvalue weighted by atomic mass is 16.1. The summed E-state index contributed by atoms with van der Waals surface area (Å²) < 4.78 is 0. The third-order valence-electron chi connectivity index (χ3n) is 7.01. The fourth-order valence-corrected chi connectivity index (χ4v) is 5.37. The summed E-state index contributed by atoms with van der Waals surface area (Å²) in [7, 11) is 0. The van der Waals surface area contributed by atoms with Crippen molar-refractivity contribution >= 4 is 5.78 Å². The first-order valence-corrected chi connectivity index (χ1v) is 8.86. The summed E-state index contributed by atoms with van der Waals surface area (Å²) in [5, 5.41) is 7.62. The zero-order chi connectivity index (χ0) is 15.6. The monoisotopic (exact) mass is 300 g/mol. The van der Waals surface area contributed by atoms with Crippen LogP contribution in [0.25, 0.3) is 0 Å². The van der Waals surface area contributed by atoms with Crippen LogP contribution in [0.2, 0.25) is 0 Å². The molecule has 6 unspecified atom stereocenters. The van der Waals surface area contributed by atoms with Crippen molar-refractivity contribution in [1.82, 2.24) is 10.6 Å². The average molecular weight is 300 g/mol. The van der Waals surface area contributed by atoms with Gasteiger partial charge in [-0.25, -0.2) is 0 Å². The van der Waals surface area contributed by atoms with Gasteiger partial charge in [-0.1, -0.05) is 19.4 Å². The first-order valence-electron chi connectivity index (χ1n) is 8.86. The van der Waals surface area contributed by atoms with Gasteiger partial charge in [0.2, 0.25) is 0 Å². The molecule has 0 aromatic carbocycles. The molecule has 3 heteroatoms. The van der Waals surface area contributed by atoms with Gasteiger partial charge in [0.25, 0.3) is 0 Å². The normalized spacial score (nSPS) is 46.5. The van der Waals surface area contributed by atoms with Crippen molar-refractivity contribution in [2.45, 2.75) is 71.0 Å². The molecule has 1 saturated heterocycles. The molecule has 2 aliphatic heterocycles. The van der Waals surface area contributed by atoms with E-state index in [9.17, 15) is 4.79 Å². The summed E-state index contributed by atoms with van der Waals surface area (Å²) >= 11 is 0. The summed E-state index contributed by atoms with van der Waals surface area (Å²) in [5.74, 6) is 2.16. The lowest BCUT2D eigenvalue weighted by Gasteiger charge is -2.47. The molecule has 2 fully saturated rings. The van der Waals surface area contributed by atoms with Crippen LogP contribution in [0.3, 0.4) is 0 Å². The maximum Gasteiger partial charge on any atom is 0.146 e. The van der Waals surface area contributed by atoms with Crippen LogP contribution in [0.4, 0.5) is 0 Å². The number of hydrogen-bond donors (Lipinski definition) is 2. The van der Waals surface area contributed by atoms with Crippen LogP contribution in [0.15, 0.2) is 22.9 Å². The maximum atomic E-state index is 12.1. The van der Waals surface area contributed by atoms with Gasteiger partial charge in [0.1, 0.15) is 5.78 Å². The first kappa shape index (κ1) is 14.5. The van der Waals surface area contributed by atoms with Crippen LogP contribution < -0.4 is 10.6 Å². The van der Waals surface area contributed by atoms with Gasteiger partial charge in [-0.15, -0.1) is 0 Å². The van der Waals surface area contributed by atoms with Crippen LogP contribution in [-0.2, 0) is 4.79 Å². The number of hydrogen-bond acceptors (Lipinski definition) is 3. The molecule has 3 nitrogen and oxygen atoms in total. The molecular formula is C19H28N2O. The number of fused-ring (bicyclic) bond motifs is 2. The highest BCUT2D eigenvalue weighted by Gasteiger charge is 2.50. The highest BCUT2D eigenvalue weighted by molar-refractivity contribution is 5.81. The van der Waals surface area contributed by atoms with Crippen molar-refractivity contribution < 1.29 is 4.79 Å². The molecular weight excluding hydrogens is 272 g/mol. The number of allylic oxidation sites excluding steroid dienone is 3. The van der Waals surface area contributed by atoms with Gasteiger partial charge < -0.3 is 10.6 Å². The van der Waals surface area contributed by atoms with Crippen molar-refractivity contribution in [3.05, 3.63) is 22.9 Å². The van der Waals surface area contributed by atoms with E-state index in [4.69, 9.17) is 0 Å². The highest BCUT2D eigenvalue weighted by Crippen LogP contribution is 2.50. The second kappa shape index (κ2) is 4.70. The Morgan fingerprint density at radius 1 is 1.36 bits per heavy atom. The van der Waals surface area contributed by atoms with Crippen LogP contribution in [0, 0.1) is 17.8 Å². The summed E-state index contributed by atoms with van der Waals surface area (Å²) in [6.07, 6.45) is 6.72. The predicted molar refractivity (Wildman–Crippen MR) is 88.3 cm³/mol. The Kier molecular flexibility index (Phi) is 3.10. The molecule has 0 spiro atoms. The molecule has 0 amide bonds. The Hall–Kier alpha value is -1.09. The van der Waals surface area contributed by atoms with Gasteiger partial charge >= 0.3 is 0 Å². The third-order valence-corrected chi connectivity index (χ3v) is 7.01. The van der Waals surface area contributed by atoms with E-state index in [1.54, 1.807) is 12.5 Å². The first-order chi connectivity index (χ1) is 10.4. The minimum Gasteiger partial charge on any atom is -0.385 e. The van der Waals surface area contributed by atoms with Crippen molar-refractivity contribution in [2.24, 2.45) is 17.8 Å². The fourth-order valence-electron chi connectivity index (χ4n) is 5.37. The molecule has 0 aromatic rings. The van der Waals surface area contributed by atoms with Crippen molar-refractivity contribution in [3.63, 3.8) is 0 Å².